The summed E-state index contributed by atoms with van der Waals surface area (Å²) in [6.45, 7) is 2.96. The number of nitrogens with two attached hydrogens (primary N) is 1. The van der Waals surface area contributed by atoms with Gasteiger partial charge >= 0.3 is 6.03 Å². The molecule has 5 rings (SSSR count). The molecule has 0 atom stereocenters. The molecule has 0 aliphatic rings. The van der Waals surface area contributed by atoms with Crippen molar-refractivity contribution < 1.29 is 9.18 Å². The maximum Gasteiger partial charge on any atom is 0.319 e. The van der Waals surface area contributed by atoms with Crippen LogP contribution < -0.4 is 21.9 Å². The number of rotatable bonds is 7. The lowest BCUT2D eigenvalue weighted by Crippen LogP contribution is -2.30. The molecule has 210 valence electrons. The van der Waals surface area contributed by atoms with Crippen LogP contribution in [0.3, 0.4) is 0 Å². The van der Waals surface area contributed by atoms with Crippen LogP contribution in [0.2, 0.25) is 0 Å². The molecule has 0 fully saturated rings. The van der Waals surface area contributed by atoms with Gasteiger partial charge in [-0.2, -0.15) is 0 Å². The Balaban J connectivity index is 1.45. The summed E-state index contributed by atoms with van der Waals surface area (Å²) in [5, 5.41) is 6.22. The van der Waals surface area contributed by atoms with Crippen LogP contribution in [-0.2, 0) is 13.0 Å². The van der Waals surface area contributed by atoms with Gasteiger partial charge in [-0.3, -0.25) is 14.3 Å². The van der Waals surface area contributed by atoms with E-state index in [4.69, 9.17) is 5.73 Å². The summed E-state index contributed by atoms with van der Waals surface area (Å²) in [4.78, 5) is 34.4. The number of amides is 2. The minimum Gasteiger partial charge on any atom is -0.338 e. The van der Waals surface area contributed by atoms with Crippen LogP contribution in [0.5, 0.6) is 0 Å². The highest BCUT2D eigenvalue weighted by molar-refractivity contribution is 5.91. The van der Waals surface area contributed by atoms with Gasteiger partial charge in [-0.05, 0) is 84.6 Å². The first-order valence-electron chi connectivity index (χ1n) is 13.5. The zero-order valence-corrected chi connectivity index (χ0v) is 23.0. The van der Waals surface area contributed by atoms with Crippen molar-refractivity contribution in [2.75, 3.05) is 18.4 Å². The van der Waals surface area contributed by atoms with Crippen LogP contribution in [-0.4, -0.2) is 33.7 Å². The van der Waals surface area contributed by atoms with Gasteiger partial charge < -0.3 is 16.4 Å². The van der Waals surface area contributed by atoms with E-state index in [-0.39, 0.29) is 17.4 Å². The van der Waals surface area contributed by atoms with Gasteiger partial charge in [-0.15, -0.1) is 0 Å². The molecule has 2 heterocycles. The second-order valence-corrected chi connectivity index (χ2v) is 9.65. The van der Waals surface area contributed by atoms with Crippen molar-refractivity contribution in [1.29, 1.82) is 0 Å². The molecule has 0 unspecified atom stereocenters. The fourth-order valence-corrected chi connectivity index (χ4v) is 4.58. The van der Waals surface area contributed by atoms with Gasteiger partial charge in [0.2, 0.25) is 0 Å². The van der Waals surface area contributed by atoms with E-state index >= 15 is 0 Å². The molecule has 0 aliphatic carbocycles. The summed E-state index contributed by atoms with van der Waals surface area (Å²) in [6.07, 6.45) is 4.13. The molecule has 0 radical (unpaired) electrons. The van der Waals surface area contributed by atoms with Gasteiger partial charge in [0.05, 0.1) is 10.9 Å². The molecule has 0 aliphatic heterocycles. The lowest BCUT2D eigenvalue weighted by Gasteiger charge is -2.13. The van der Waals surface area contributed by atoms with Crippen molar-refractivity contribution >= 4 is 22.6 Å². The molecular formula is C33H29FN6O2. The van der Waals surface area contributed by atoms with E-state index in [9.17, 15) is 14.0 Å². The minimum atomic E-state index is -0.344. The summed E-state index contributed by atoms with van der Waals surface area (Å²) >= 11 is 0. The van der Waals surface area contributed by atoms with Crippen molar-refractivity contribution in [2.24, 2.45) is 5.73 Å². The van der Waals surface area contributed by atoms with Crippen LogP contribution in [0, 0.1) is 24.6 Å². The summed E-state index contributed by atoms with van der Waals surface area (Å²) in [6, 6.07) is 20.3. The lowest BCUT2D eigenvalue weighted by molar-refractivity contribution is 0.252. The highest BCUT2D eigenvalue weighted by Gasteiger charge is 2.12. The van der Waals surface area contributed by atoms with Crippen LogP contribution in [0.25, 0.3) is 22.0 Å². The van der Waals surface area contributed by atoms with E-state index in [1.54, 1.807) is 54.2 Å². The average molecular weight is 561 g/mol. The molecule has 4 N–H and O–H groups in total. The van der Waals surface area contributed by atoms with Gasteiger partial charge in [0, 0.05) is 48.8 Å². The lowest BCUT2D eigenvalue weighted by atomic mass is 9.98. The number of aromatic nitrogens is 3. The van der Waals surface area contributed by atoms with E-state index in [0.717, 1.165) is 16.7 Å². The summed E-state index contributed by atoms with van der Waals surface area (Å²) < 4.78 is 15.0. The number of pyridine rings is 1. The number of hydrogen-bond donors (Lipinski definition) is 3. The average Bonchev–Trinajstić information content (AvgIpc) is 2.99. The number of benzene rings is 3. The number of nitrogens with one attached hydrogen (secondary N) is 2. The SMILES string of the molecule is Cc1nc2cc(-c3ccc(NC(=O)NCCc4cccnc4)cc3C#Cc3ccc(F)cc3)ccc2c(=O)n1CCN. The predicted octanol–water partition coefficient (Wildman–Crippen LogP) is 4.63. The number of halogens is 1. The van der Waals surface area contributed by atoms with E-state index in [1.165, 1.54) is 12.1 Å². The molecule has 0 saturated heterocycles. The fourth-order valence-electron chi connectivity index (χ4n) is 4.58. The fraction of sp³-hybridized carbons (Fsp3) is 0.152. The number of anilines is 1. The van der Waals surface area contributed by atoms with Gasteiger partial charge in [-0.25, -0.2) is 14.2 Å². The van der Waals surface area contributed by atoms with E-state index < -0.39 is 0 Å². The van der Waals surface area contributed by atoms with Crippen molar-refractivity contribution in [3.8, 4) is 23.0 Å². The third kappa shape index (κ3) is 6.69. The highest BCUT2D eigenvalue weighted by Crippen LogP contribution is 2.28. The zero-order valence-electron chi connectivity index (χ0n) is 23.0. The minimum absolute atomic E-state index is 0.139. The van der Waals surface area contributed by atoms with Crippen molar-refractivity contribution in [2.45, 2.75) is 19.9 Å². The predicted molar refractivity (Wildman–Crippen MR) is 163 cm³/mol. The highest BCUT2D eigenvalue weighted by atomic mass is 19.1. The number of aryl methyl sites for hydroxylation is 1. The molecule has 8 nitrogen and oxygen atoms in total. The monoisotopic (exact) mass is 560 g/mol. The Bertz CT molecular complexity index is 1860. The number of carbonyl (C=O) groups excluding carboxylic acids is 1. The molecule has 0 saturated carbocycles. The third-order valence-electron chi connectivity index (χ3n) is 6.70. The second-order valence-electron chi connectivity index (χ2n) is 9.65. The molecule has 9 heteroatoms. The van der Waals surface area contributed by atoms with Crippen LogP contribution in [0.15, 0.2) is 90.0 Å². The van der Waals surface area contributed by atoms with Gasteiger partial charge in [0.25, 0.3) is 5.56 Å². The standard InChI is InChI=1S/C33H29FN6O2/c1-22-38-31-20-26(8-12-30(31)32(41)40(22)18-15-35)29-13-11-28(19-25(29)7-4-23-5-9-27(34)10-6-23)39-33(42)37-17-14-24-3-2-16-36-21-24/h2-3,5-6,8-13,16,19-21H,14-15,17-18,35H2,1H3,(H2,37,39,42). The van der Waals surface area contributed by atoms with Crippen LogP contribution >= 0.6 is 0 Å². The molecule has 0 bridgehead atoms. The molecule has 0 spiro atoms. The first-order chi connectivity index (χ1) is 20.4. The Labute approximate surface area is 242 Å². The Hall–Kier alpha value is -5.33. The summed E-state index contributed by atoms with van der Waals surface area (Å²) in [5.74, 6) is 6.49. The van der Waals surface area contributed by atoms with Gasteiger partial charge in [0.1, 0.15) is 11.6 Å². The maximum atomic E-state index is 13.4. The van der Waals surface area contributed by atoms with Crippen LogP contribution in [0.1, 0.15) is 22.5 Å². The Morgan fingerprint density at radius 3 is 2.64 bits per heavy atom. The largest absolute Gasteiger partial charge is 0.338 e. The number of carbonyl (C=O) groups is 1. The maximum absolute atomic E-state index is 13.4. The van der Waals surface area contributed by atoms with E-state index in [0.29, 0.717) is 59.6 Å². The first kappa shape index (κ1) is 28.2. The van der Waals surface area contributed by atoms with Crippen molar-refractivity contribution in [3.63, 3.8) is 0 Å². The first-order valence-corrected chi connectivity index (χ1v) is 13.5. The molecule has 42 heavy (non-hydrogen) atoms. The Morgan fingerprint density at radius 2 is 1.88 bits per heavy atom. The van der Waals surface area contributed by atoms with Crippen LogP contribution in [0.4, 0.5) is 14.9 Å². The van der Waals surface area contributed by atoms with Gasteiger partial charge in [-0.1, -0.05) is 30.0 Å². The summed E-state index contributed by atoms with van der Waals surface area (Å²) in [7, 11) is 0. The topological polar surface area (TPSA) is 115 Å². The normalized spacial score (nSPS) is 10.6. The second kappa shape index (κ2) is 12.9. The molecule has 3 aromatic carbocycles. The van der Waals surface area contributed by atoms with Crippen molar-refractivity contribution in [3.05, 3.63) is 124 Å². The molecular weight excluding hydrogens is 531 g/mol. The van der Waals surface area contributed by atoms with E-state index in [2.05, 4.69) is 32.4 Å². The zero-order chi connectivity index (χ0) is 29.5. The summed E-state index contributed by atoms with van der Waals surface area (Å²) in [5.41, 5.74) is 10.6. The Morgan fingerprint density at radius 1 is 1.05 bits per heavy atom. The quantitative estimate of drug-likeness (QED) is 0.251. The van der Waals surface area contributed by atoms with E-state index in [1.807, 2.05) is 30.3 Å². The number of hydrogen-bond acceptors (Lipinski definition) is 5. The molecule has 2 aromatic heterocycles. The number of fused-ring (bicyclic) bond motifs is 1. The Kier molecular flexibility index (Phi) is 8.66. The number of nitrogens with zero attached hydrogens (tertiary/aromatic N) is 3. The van der Waals surface area contributed by atoms with Crippen molar-refractivity contribution in [1.82, 2.24) is 19.9 Å². The van der Waals surface area contributed by atoms with Gasteiger partial charge in [0.15, 0.2) is 0 Å². The molecule has 2 amide bonds. The smallest absolute Gasteiger partial charge is 0.319 e. The number of urea groups is 1. The molecule has 5 aromatic rings. The third-order valence-corrected chi connectivity index (χ3v) is 6.70.